The molecule has 3 rings (SSSR count). The van der Waals surface area contributed by atoms with Gasteiger partial charge in [0.05, 0.1) is 5.52 Å². The molecule has 1 aliphatic rings. The van der Waals surface area contributed by atoms with Gasteiger partial charge in [-0.2, -0.15) is 0 Å². The zero-order valence-electron chi connectivity index (χ0n) is 10.6. The summed E-state index contributed by atoms with van der Waals surface area (Å²) in [5.74, 6) is 0.125. The van der Waals surface area contributed by atoms with Crippen LogP contribution in [0.1, 0.15) is 31.2 Å². The molecule has 4 nitrogen and oxygen atoms in total. The molecule has 1 N–H and O–H groups in total. The molecule has 18 heavy (non-hydrogen) atoms. The van der Waals surface area contributed by atoms with E-state index in [1.54, 1.807) is 0 Å². The van der Waals surface area contributed by atoms with E-state index >= 15 is 0 Å². The van der Waals surface area contributed by atoms with E-state index in [-0.39, 0.29) is 5.76 Å². The van der Waals surface area contributed by atoms with Crippen LogP contribution in [0.3, 0.4) is 0 Å². The first-order valence-corrected chi connectivity index (χ1v) is 6.62. The molecule has 2 aromatic rings. The first kappa shape index (κ1) is 11.5. The van der Waals surface area contributed by atoms with Crippen molar-refractivity contribution in [3.8, 4) is 0 Å². The average Bonchev–Trinajstić information content (AvgIpc) is 2.94. The number of rotatable bonds is 3. The molecule has 0 radical (unpaired) electrons. The van der Waals surface area contributed by atoms with Gasteiger partial charge in [0.15, 0.2) is 5.58 Å². The molecule has 2 heterocycles. The van der Waals surface area contributed by atoms with Crippen LogP contribution in [0.2, 0.25) is 0 Å². The van der Waals surface area contributed by atoms with E-state index in [0.29, 0.717) is 5.92 Å². The smallest absolute Gasteiger partial charge is 0.408 e. The molecule has 0 saturated carbocycles. The van der Waals surface area contributed by atoms with Crippen LogP contribution in [0, 0.1) is 0 Å². The Hall–Kier alpha value is -1.55. The summed E-state index contributed by atoms with van der Waals surface area (Å²) in [6, 6.07) is 5.97. The van der Waals surface area contributed by atoms with Gasteiger partial charge in [-0.15, -0.1) is 0 Å². The van der Waals surface area contributed by atoms with Crippen molar-refractivity contribution < 1.29 is 4.42 Å². The molecule has 0 bridgehead atoms. The first-order chi connectivity index (χ1) is 8.78. The van der Waals surface area contributed by atoms with E-state index < -0.39 is 0 Å². The Kier molecular flexibility index (Phi) is 2.96. The SMILES string of the molecule is CCCN1CCC(c2cccc3[nH]c(=O)oc23)C1. The van der Waals surface area contributed by atoms with Crippen molar-refractivity contribution in [2.75, 3.05) is 19.6 Å². The molecule has 0 spiro atoms. The van der Waals surface area contributed by atoms with Crippen molar-refractivity contribution in [2.24, 2.45) is 0 Å². The molecule has 1 saturated heterocycles. The summed E-state index contributed by atoms with van der Waals surface area (Å²) >= 11 is 0. The minimum Gasteiger partial charge on any atom is -0.408 e. The van der Waals surface area contributed by atoms with E-state index in [4.69, 9.17) is 4.42 Å². The maximum absolute atomic E-state index is 11.3. The van der Waals surface area contributed by atoms with Crippen LogP contribution in [0.25, 0.3) is 11.1 Å². The summed E-state index contributed by atoms with van der Waals surface area (Å²) < 4.78 is 5.28. The first-order valence-electron chi connectivity index (χ1n) is 6.62. The quantitative estimate of drug-likeness (QED) is 0.904. The maximum atomic E-state index is 11.3. The van der Waals surface area contributed by atoms with Crippen LogP contribution in [0.4, 0.5) is 0 Å². The highest BCUT2D eigenvalue weighted by Gasteiger charge is 2.25. The largest absolute Gasteiger partial charge is 0.417 e. The number of likely N-dealkylation sites (tertiary alicyclic amines) is 1. The van der Waals surface area contributed by atoms with E-state index in [9.17, 15) is 4.79 Å². The summed E-state index contributed by atoms with van der Waals surface area (Å²) in [4.78, 5) is 16.5. The van der Waals surface area contributed by atoms with Crippen LogP contribution in [0.5, 0.6) is 0 Å². The second kappa shape index (κ2) is 4.61. The third-order valence-corrected chi connectivity index (χ3v) is 3.73. The number of aromatic nitrogens is 1. The lowest BCUT2D eigenvalue weighted by Gasteiger charge is -2.14. The molecule has 0 amide bonds. The Morgan fingerprint density at radius 3 is 3.22 bits per heavy atom. The molecule has 4 heteroatoms. The van der Waals surface area contributed by atoms with Gasteiger partial charge in [0.25, 0.3) is 0 Å². The number of nitrogens with one attached hydrogen (secondary N) is 1. The molecule has 1 unspecified atom stereocenters. The maximum Gasteiger partial charge on any atom is 0.417 e. The van der Waals surface area contributed by atoms with E-state index in [0.717, 1.165) is 37.2 Å². The van der Waals surface area contributed by atoms with Crippen molar-refractivity contribution in [3.05, 3.63) is 34.3 Å². The number of hydrogen-bond acceptors (Lipinski definition) is 3. The normalized spacial score (nSPS) is 20.8. The molecule has 96 valence electrons. The average molecular weight is 246 g/mol. The lowest BCUT2D eigenvalue weighted by molar-refractivity contribution is 0.335. The third-order valence-electron chi connectivity index (χ3n) is 3.73. The Balaban J connectivity index is 1.93. The molecular formula is C14H18N2O2. The van der Waals surface area contributed by atoms with Crippen LogP contribution >= 0.6 is 0 Å². The predicted octanol–water partition coefficient (Wildman–Crippen LogP) is 2.32. The van der Waals surface area contributed by atoms with E-state index in [1.165, 1.54) is 12.0 Å². The van der Waals surface area contributed by atoms with Gasteiger partial charge in [0.1, 0.15) is 0 Å². The molecule has 1 atom stereocenters. The Morgan fingerprint density at radius 1 is 1.50 bits per heavy atom. The van der Waals surface area contributed by atoms with Gasteiger partial charge < -0.3 is 9.32 Å². The minimum absolute atomic E-state index is 0.360. The number of fused-ring (bicyclic) bond motifs is 1. The summed E-state index contributed by atoms with van der Waals surface area (Å²) in [6.07, 6.45) is 2.34. The highest BCUT2D eigenvalue weighted by atomic mass is 16.4. The molecular weight excluding hydrogens is 228 g/mol. The number of nitrogens with zero attached hydrogens (tertiary/aromatic N) is 1. The molecule has 1 aliphatic heterocycles. The topological polar surface area (TPSA) is 49.2 Å². The molecule has 1 aromatic heterocycles. The van der Waals surface area contributed by atoms with Crippen molar-refractivity contribution in [3.63, 3.8) is 0 Å². The fourth-order valence-electron chi connectivity index (χ4n) is 2.92. The number of hydrogen-bond donors (Lipinski definition) is 1. The van der Waals surface area contributed by atoms with Crippen LogP contribution in [-0.2, 0) is 0 Å². The lowest BCUT2D eigenvalue weighted by Crippen LogP contribution is -2.20. The van der Waals surface area contributed by atoms with Gasteiger partial charge in [0, 0.05) is 18.0 Å². The third kappa shape index (κ3) is 1.97. The van der Waals surface area contributed by atoms with Gasteiger partial charge in [-0.25, -0.2) is 4.79 Å². The van der Waals surface area contributed by atoms with Crippen molar-refractivity contribution in [1.82, 2.24) is 9.88 Å². The number of benzene rings is 1. The lowest BCUT2D eigenvalue weighted by atomic mass is 9.97. The summed E-state index contributed by atoms with van der Waals surface area (Å²) in [7, 11) is 0. The van der Waals surface area contributed by atoms with Gasteiger partial charge >= 0.3 is 5.76 Å². The highest BCUT2D eigenvalue weighted by molar-refractivity contribution is 5.76. The second-order valence-electron chi connectivity index (χ2n) is 5.02. The number of para-hydroxylation sites is 1. The Morgan fingerprint density at radius 2 is 2.39 bits per heavy atom. The second-order valence-corrected chi connectivity index (χ2v) is 5.02. The molecule has 1 aromatic carbocycles. The fraction of sp³-hybridized carbons (Fsp3) is 0.500. The summed E-state index contributed by atoms with van der Waals surface area (Å²) in [5.41, 5.74) is 2.72. The number of aromatic amines is 1. The zero-order valence-corrected chi connectivity index (χ0v) is 10.6. The molecule has 1 fully saturated rings. The van der Waals surface area contributed by atoms with Gasteiger partial charge in [0.2, 0.25) is 0 Å². The van der Waals surface area contributed by atoms with Crippen molar-refractivity contribution in [2.45, 2.75) is 25.7 Å². The van der Waals surface area contributed by atoms with Crippen molar-refractivity contribution in [1.29, 1.82) is 0 Å². The van der Waals surface area contributed by atoms with Crippen molar-refractivity contribution >= 4 is 11.1 Å². The number of oxazole rings is 1. The summed E-state index contributed by atoms with van der Waals surface area (Å²) in [6.45, 7) is 5.58. The van der Waals surface area contributed by atoms with Gasteiger partial charge in [-0.05, 0) is 32.0 Å². The van der Waals surface area contributed by atoms with Crippen LogP contribution < -0.4 is 5.76 Å². The monoisotopic (exact) mass is 246 g/mol. The van der Waals surface area contributed by atoms with E-state index in [1.807, 2.05) is 12.1 Å². The van der Waals surface area contributed by atoms with Gasteiger partial charge in [-0.3, -0.25) is 4.98 Å². The Bertz CT molecular complexity index is 599. The zero-order chi connectivity index (χ0) is 12.5. The predicted molar refractivity (Wildman–Crippen MR) is 70.9 cm³/mol. The Labute approximate surface area is 106 Å². The fourth-order valence-corrected chi connectivity index (χ4v) is 2.92. The highest BCUT2D eigenvalue weighted by Crippen LogP contribution is 2.31. The van der Waals surface area contributed by atoms with Crippen LogP contribution in [0.15, 0.2) is 27.4 Å². The standard InChI is InChI=1S/C14H18N2O2/c1-2-7-16-8-6-10(9-16)11-4-3-5-12-13(11)18-14(17)15-12/h3-5,10H,2,6-9H2,1H3,(H,15,17). The van der Waals surface area contributed by atoms with E-state index in [2.05, 4.69) is 22.9 Å². The minimum atomic E-state index is -0.360. The molecule has 0 aliphatic carbocycles. The van der Waals surface area contributed by atoms with Gasteiger partial charge in [-0.1, -0.05) is 19.1 Å². The number of H-pyrrole nitrogens is 1. The summed E-state index contributed by atoms with van der Waals surface area (Å²) in [5, 5.41) is 0. The van der Waals surface area contributed by atoms with Crippen LogP contribution in [-0.4, -0.2) is 29.5 Å².